The van der Waals surface area contributed by atoms with E-state index in [2.05, 4.69) is 53.9 Å². The Labute approximate surface area is 283 Å². The number of epoxide rings is 1. The van der Waals surface area contributed by atoms with Gasteiger partial charge in [0.15, 0.2) is 0 Å². The van der Waals surface area contributed by atoms with Gasteiger partial charge in [0, 0.05) is 10.0 Å². The van der Waals surface area contributed by atoms with Crippen LogP contribution in [-0.2, 0) is 24.1 Å². The highest BCUT2D eigenvalue weighted by Crippen LogP contribution is 2.47. The number of benzene rings is 2. The summed E-state index contributed by atoms with van der Waals surface area (Å²) in [6.07, 6.45) is 9.54. The molecular weight excluding hydrogens is 619 g/mol. The Kier molecular flexibility index (Phi) is 12.6. The third-order valence-corrected chi connectivity index (χ3v) is 9.11. The first-order valence-electron chi connectivity index (χ1n) is 15.3. The molecule has 46 heavy (non-hydrogen) atoms. The van der Waals surface area contributed by atoms with Crippen LogP contribution in [0.3, 0.4) is 0 Å². The number of hydrogen-bond donors (Lipinski definition) is 2. The Morgan fingerprint density at radius 1 is 0.891 bits per heavy atom. The molecule has 0 radical (unpaired) electrons. The minimum Gasteiger partial charge on any atom is -0.387 e. The molecule has 10 heteroatoms. The smallest absolute Gasteiger partial charge is 0.139 e. The molecule has 1 fully saturated rings. The fraction of sp³-hybridized carbons (Fsp3) is 0.444. The van der Waals surface area contributed by atoms with Gasteiger partial charge in [-0.15, -0.1) is 0 Å². The zero-order valence-corrected chi connectivity index (χ0v) is 29.0. The maximum Gasteiger partial charge on any atom is 0.139 e. The largest absolute Gasteiger partial charge is 0.387 e. The third kappa shape index (κ3) is 10.4. The molecule has 8 nitrogen and oxygen atoms in total. The summed E-state index contributed by atoms with van der Waals surface area (Å²) in [5.41, 5.74) is 2.47. The first kappa shape index (κ1) is 36.8. The maximum absolute atomic E-state index is 11.3. The first-order valence-corrected chi connectivity index (χ1v) is 16.0. The Bertz CT molecular complexity index is 1580. The molecule has 1 aliphatic rings. The van der Waals surface area contributed by atoms with Gasteiger partial charge in [-0.2, -0.15) is 10.5 Å². The number of H-pyrrole nitrogens is 1. The van der Waals surface area contributed by atoms with Crippen molar-refractivity contribution in [3.8, 4) is 12.1 Å². The molecule has 2 aromatic carbocycles. The van der Waals surface area contributed by atoms with Gasteiger partial charge in [-0.05, 0) is 71.9 Å². The van der Waals surface area contributed by atoms with Gasteiger partial charge in [-0.1, -0.05) is 89.0 Å². The van der Waals surface area contributed by atoms with E-state index >= 15 is 0 Å². The van der Waals surface area contributed by atoms with Crippen LogP contribution in [0, 0.1) is 33.5 Å². The molecule has 0 aliphatic carbocycles. The van der Waals surface area contributed by atoms with E-state index in [4.69, 9.17) is 38.5 Å². The van der Waals surface area contributed by atoms with Crippen molar-refractivity contribution in [3.05, 3.63) is 106 Å². The lowest BCUT2D eigenvalue weighted by atomic mass is 9.73. The molecule has 2 N–H and O–H groups in total. The van der Waals surface area contributed by atoms with Crippen molar-refractivity contribution < 1.29 is 9.84 Å². The number of aliphatic hydroxyl groups is 1. The number of nitrogens with zero attached hydrogens (tertiary/aromatic N) is 5. The Morgan fingerprint density at radius 2 is 1.46 bits per heavy atom. The molecule has 244 valence electrons. The van der Waals surface area contributed by atoms with Crippen LogP contribution in [0.15, 0.2) is 73.6 Å². The summed E-state index contributed by atoms with van der Waals surface area (Å²) in [5, 5.41) is 30.0. The molecule has 1 saturated heterocycles. The van der Waals surface area contributed by atoms with Gasteiger partial charge in [0.05, 0.1) is 49.4 Å². The monoisotopic (exact) mass is 662 g/mol. The average Bonchev–Trinajstić information content (AvgIpc) is 3.40. The summed E-state index contributed by atoms with van der Waals surface area (Å²) >= 11 is 11.8. The van der Waals surface area contributed by atoms with Gasteiger partial charge in [-0.3, -0.25) is 0 Å². The number of rotatable bonds is 8. The number of imidazole rings is 2. The summed E-state index contributed by atoms with van der Waals surface area (Å²) in [7, 11) is 0. The number of nitrogens with one attached hydrogen (secondary N) is 1. The second kappa shape index (κ2) is 15.8. The van der Waals surface area contributed by atoms with Crippen LogP contribution in [0.4, 0.5) is 0 Å². The summed E-state index contributed by atoms with van der Waals surface area (Å²) < 4.78 is 7.40. The van der Waals surface area contributed by atoms with Crippen LogP contribution >= 0.6 is 23.2 Å². The number of nitriles is 2. The van der Waals surface area contributed by atoms with Gasteiger partial charge in [0.25, 0.3) is 0 Å². The molecule has 2 aromatic heterocycles. The Balaban J connectivity index is 0.000000215. The summed E-state index contributed by atoms with van der Waals surface area (Å²) in [4.78, 5) is 10.2. The standard InChI is InChI=1S/C18H22ClN3O.C14H19ClO.C4H3N3/c1-17(2,3)18(23,12-22-13-21-11-16(22)10-20)9-8-14-4-6-15(19)7-5-14;1-13(2,3)14(10-16-14)9-8-11-4-6-12(15)7-5-11;5-1-4-2-6-3-7-4/h4-7,11,13,23H,8-9,12H2,1-3H3;4-7H,8-10H2,1-3H3;2-3H,(H,6,7). The molecule has 0 saturated carbocycles. The van der Waals surface area contributed by atoms with E-state index in [1.54, 1.807) is 10.9 Å². The highest BCUT2D eigenvalue weighted by Gasteiger charge is 2.53. The third-order valence-electron chi connectivity index (χ3n) is 8.60. The van der Waals surface area contributed by atoms with Crippen LogP contribution in [0.25, 0.3) is 0 Å². The van der Waals surface area contributed by atoms with Crippen molar-refractivity contribution in [1.82, 2.24) is 19.5 Å². The lowest BCUT2D eigenvalue weighted by Crippen LogP contribution is -2.47. The van der Waals surface area contributed by atoms with Crippen LogP contribution < -0.4 is 0 Å². The molecule has 1 aliphatic heterocycles. The summed E-state index contributed by atoms with van der Waals surface area (Å²) in [5.74, 6) is 0. The molecule has 0 spiro atoms. The molecular formula is C36H44Cl2N6O2. The fourth-order valence-corrected chi connectivity index (χ4v) is 5.12. The van der Waals surface area contributed by atoms with Gasteiger partial charge in [0.2, 0.25) is 0 Å². The number of aryl methyl sites for hydroxylation is 2. The number of ether oxygens (including phenoxy) is 1. The van der Waals surface area contributed by atoms with Crippen molar-refractivity contribution in [2.75, 3.05) is 6.61 Å². The van der Waals surface area contributed by atoms with Crippen LogP contribution in [0.1, 0.15) is 76.9 Å². The van der Waals surface area contributed by atoms with E-state index in [0.29, 0.717) is 29.4 Å². The van der Waals surface area contributed by atoms with Crippen molar-refractivity contribution in [1.29, 1.82) is 10.5 Å². The molecule has 3 heterocycles. The average molecular weight is 664 g/mol. The highest BCUT2D eigenvalue weighted by atomic mass is 35.5. The fourth-order valence-electron chi connectivity index (χ4n) is 4.87. The number of hydrogen-bond acceptors (Lipinski definition) is 6. The zero-order chi connectivity index (χ0) is 34.0. The lowest BCUT2D eigenvalue weighted by Gasteiger charge is -2.41. The van der Waals surface area contributed by atoms with Crippen molar-refractivity contribution in [3.63, 3.8) is 0 Å². The molecule has 4 aromatic rings. The minimum atomic E-state index is -0.959. The predicted octanol–water partition coefficient (Wildman–Crippen LogP) is 8.19. The Hall–Kier alpha value is -3.66. The van der Waals surface area contributed by atoms with Crippen LogP contribution in [0.2, 0.25) is 10.0 Å². The van der Waals surface area contributed by atoms with Crippen molar-refractivity contribution in [2.45, 2.75) is 85.0 Å². The molecule has 2 atom stereocenters. The molecule has 0 bridgehead atoms. The quantitative estimate of drug-likeness (QED) is 0.183. The minimum absolute atomic E-state index is 0.104. The van der Waals surface area contributed by atoms with Gasteiger partial charge >= 0.3 is 0 Å². The molecule has 2 unspecified atom stereocenters. The van der Waals surface area contributed by atoms with E-state index < -0.39 is 5.60 Å². The topological polar surface area (TPSA) is 127 Å². The first-order chi connectivity index (χ1) is 21.6. The summed E-state index contributed by atoms with van der Waals surface area (Å²) in [6, 6.07) is 19.8. The second-order valence-electron chi connectivity index (χ2n) is 13.7. The van der Waals surface area contributed by atoms with Gasteiger partial charge in [-0.25, -0.2) is 9.97 Å². The van der Waals surface area contributed by atoms with E-state index in [1.807, 2.05) is 63.2 Å². The Morgan fingerprint density at radius 3 is 1.87 bits per heavy atom. The van der Waals surface area contributed by atoms with E-state index in [9.17, 15) is 5.11 Å². The van der Waals surface area contributed by atoms with Gasteiger partial charge in [0.1, 0.15) is 23.5 Å². The van der Waals surface area contributed by atoms with E-state index in [1.165, 1.54) is 24.3 Å². The maximum atomic E-state index is 11.3. The molecule has 5 rings (SSSR count). The number of halogens is 2. The van der Waals surface area contributed by atoms with Crippen molar-refractivity contribution in [2.24, 2.45) is 10.8 Å². The van der Waals surface area contributed by atoms with E-state index in [0.717, 1.165) is 36.5 Å². The molecule has 0 amide bonds. The van der Waals surface area contributed by atoms with Crippen LogP contribution in [0.5, 0.6) is 0 Å². The highest BCUT2D eigenvalue weighted by molar-refractivity contribution is 6.30. The zero-order valence-electron chi connectivity index (χ0n) is 27.5. The van der Waals surface area contributed by atoms with Crippen LogP contribution in [-0.4, -0.2) is 42.4 Å². The van der Waals surface area contributed by atoms with Gasteiger partial charge < -0.3 is 19.4 Å². The predicted molar refractivity (Wildman–Crippen MR) is 182 cm³/mol. The second-order valence-corrected chi connectivity index (χ2v) is 14.5. The normalized spacial score (nSPS) is 16.8. The number of aromatic amines is 1. The summed E-state index contributed by atoms with van der Waals surface area (Å²) in [6.45, 7) is 14.0. The SMILES string of the molecule is CC(C)(C)C(O)(CCc1ccc(Cl)cc1)Cn1cncc1C#N.CC(C)(C)C1(CCc2ccc(Cl)cc2)CO1.N#Cc1cnc[nH]1. The number of aromatic nitrogens is 4. The lowest BCUT2D eigenvalue weighted by molar-refractivity contribution is -0.0775. The van der Waals surface area contributed by atoms with E-state index in [-0.39, 0.29) is 16.4 Å². The van der Waals surface area contributed by atoms with Crippen molar-refractivity contribution >= 4 is 23.2 Å².